The van der Waals surface area contributed by atoms with E-state index in [-0.39, 0.29) is 0 Å². The Balaban J connectivity index is 2.07. The zero-order valence-corrected chi connectivity index (χ0v) is 12.3. The van der Waals surface area contributed by atoms with Crippen LogP contribution in [0.4, 0.5) is 0 Å². The van der Waals surface area contributed by atoms with Crippen molar-refractivity contribution in [2.24, 2.45) is 5.41 Å². The van der Waals surface area contributed by atoms with Gasteiger partial charge in [0, 0.05) is 24.5 Å². The summed E-state index contributed by atoms with van der Waals surface area (Å²) >= 11 is 5.92. The molecule has 2 aromatic heterocycles. The summed E-state index contributed by atoms with van der Waals surface area (Å²) < 4.78 is 2.34. The molecule has 0 radical (unpaired) electrons. The molecule has 0 aromatic carbocycles. The summed E-state index contributed by atoms with van der Waals surface area (Å²) in [6, 6.07) is 4.51. The molecule has 1 saturated carbocycles. The van der Waals surface area contributed by atoms with Crippen molar-refractivity contribution in [1.82, 2.24) is 14.5 Å². The van der Waals surface area contributed by atoms with E-state index < -0.39 is 0 Å². The first-order chi connectivity index (χ1) is 9.11. The Morgan fingerprint density at radius 2 is 2.32 bits per heavy atom. The summed E-state index contributed by atoms with van der Waals surface area (Å²) in [6.07, 6.45) is 6.35. The van der Waals surface area contributed by atoms with E-state index in [1.807, 2.05) is 18.3 Å². The second-order valence-electron chi connectivity index (χ2n) is 6.24. The SMILES string of the molecule is CC1(C)CCC(n2c(CCCl)nc3cccnc32)C1. The summed E-state index contributed by atoms with van der Waals surface area (Å²) in [6.45, 7) is 4.70. The number of hydrogen-bond acceptors (Lipinski definition) is 2. The monoisotopic (exact) mass is 277 g/mol. The number of imidazole rings is 1. The van der Waals surface area contributed by atoms with Gasteiger partial charge in [0.25, 0.3) is 0 Å². The second-order valence-corrected chi connectivity index (χ2v) is 6.62. The van der Waals surface area contributed by atoms with Gasteiger partial charge in [-0.3, -0.25) is 0 Å². The van der Waals surface area contributed by atoms with Gasteiger partial charge in [-0.1, -0.05) is 13.8 Å². The van der Waals surface area contributed by atoms with Gasteiger partial charge >= 0.3 is 0 Å². The predicted molar refractivity (Wildman–Crippen MR) is 78.6 cm³/mol. The maximum absolute atomic E-state index is 5.92. The van der Waals surface area contributed by atoms with Crippen molar-refractivity contribution in [2.75, 3.05) is 5.88 Å². The van der Waals surface area contributed by atoms with Crippen LogP contribution in [0, 0.1) is 5.41 Å². The minimum Gasteiger partial charge on any atom is -0.310 e. The summed E-state index contributed by atoms with van der Waals surface area (Å²) in [7, 11) is 0. The maximum Gasteiger partial charge on any atom is 0.160 e. The van der Waals surface area contributed by atoms with Gasteiger partial charge in [-0.2, -0.15) is 0 Å². The number of rotatable bonds is 3. The number of fused-ring (bicyclic) bond motifs is 1. The third kappa shape index (κ3) is 2.36. The number of aromatic nitrogens is 3. The van der Waals surface area contributed by atoms with E-state index in [4.69, 9.17) is 16.6 Å². The normalized spacial score (nSPS) is 22.2. The molecule has 1 atom stereocenters. The smallest absolute Gasteiger partial charge is 0.160 e. The van der Waals surface area contributed by atoms with Crippen LogP contribution in [0.5, 0.6) is 0 Å². The zero-order valence-electron chi connectivity index (χ0n) is 11.6. The molecular formula is C15H20ClN3. The molecular weight excluding hydrogens is 258 g/mol. The molecule has 1 aliphatic rings. The van der Waals surface area contributed by atoms with Crippen LogP contribution < -0.4 is 0 Å². The number of hydrogen-bond donors (Lipinski definition) is 0. The minimum absolute atomic E-state index is 0.425. The molecule has 1 unspecified atom stereocenters. The van der Waals surface area contributed by atoms with Crippen molar-refractivity contribution < 1.29 is 0 Å². The molecule has 102 valence electrons. The molecule has 1 aliphatic carbocycles. The molecule has 0 saturated heterocycles. The van der Waals surface area contributed by atoms with Crippen LogP contribution in [0.2, 0.25) is 0 Å². The number of aryl methyl sites for hydroxylation is 1. The van der Waals surface area contributed by atoms with Crippen LogP contribution in [0.15, 0.2) is 18.3 Å². The van der Waals surface area contributed by atoms with Gasteiger partial charge in [0.05, 0.1) is 0 Å². The Labute approximate surface area is 119 Å². The van der Waals surface area contributed by atoms with Gasteiger partial charge in [-0.05, 0) is 36.8 Å². The second kappa shape index (κ2) is 4.78. The van der Waals surface area contributed by atoms with E-state index >= 15 is 0 Å². The van der Waals surface area contributed by atoms with E-state index in [0.717, 1.165) is 23.4 Å². The highest BCUT2D eigenvalue weighted by Gasteiger charge is 2.33. The van der Waals surface area contributed by atoms with Crippen molar-refractivity contribution in [3.63, 3.8) is 0 Å². The molecule has 19 heavy (non-hydrogen) atoms. The summed E-state index contributed by atoms with van der Waals surface area (Å²) in [5.74, 6) is 1.70. The quantitative estimate of drug-likeness (QED) is 0.795. The molecule has 0 N–H and O–H groups in total. The molecule has 0 aliphatic heterocycles. The van der Waals surface area contributed by atoms with Crippen molar-refractivity contribution >= 4 is 22.8 Å². The largest absolute Gasteiger partial charge is 0.310 e. The van der Waals surface area contributed by atoms with Crippen LogP contribution in [0.1, 0.15) is 45.0 Å². The Morgan fingerprint density at radius 3 is 3.00 bits per heavy atom. The lowest BCUT2D eigenvalue weighted by atomic mass is 9.92. The summed E-state index contributed by atoms with van der Waals surface area (Å²) in [4.78, 5) is 9.24. The van der Waals surface area contributed by atoms with Gasteiger partial charge in [-0.15, -0.1) is 11.6 Å². The molecule has 2 aromatic rings. The fraction of sp³-hybridized carbons (Fsp3) is 0.600. The van der Waals surface area contributed by atoms with Gasteiger partial charge in [0.15, 0.2) is 5.65 Å². The van der Waals surface area contributed by atoms with E-state index in [2.05, 4.69) is 23.4 Å². The molecule has 3 nitrogen and oxygen atoms in total. The topological polar surface area (TPSA) is 30.7 Å². The molecule has 0 spiro atoms. The van der Waals surface area contributed by atoms with Crippen LogP contribution in [0.3, 0.4) is 0 Å². The zero-order chi connectivity index (χ0) is 13.5. The lowest BCUT2D eigenvalue weighted by Gasteiger charge is -2.19. The van der Waals surface area contributed by atoms with Crippen molar-refractivity contribution in [2.45, 2.75) is 45.6 Å². The van der Waals surface area contributed by atoms with Crippen molar-refractivity contribution in [3.8, 4) is 0 Å². The predicted octanol–water partition coefficient (Wildman–Crippen LogP) is 3.96. The maximum atomic E-state index is 5.92. The first-order valence-corrected chi connectivity index (χ1v) is 7.52. The van der Waals surface area contributed by atoms with Crippen molar-refractivity contribution in [3.05, 3.63) is 24.2 Å². The Morgan fingerprint density at radius 1 is 1.47 bits per heavy atom. The number of halogens is 1. The molecule has 1 fully saturated rings. The fourth-order valence-electron chi connectivity index (χ4n) is 3.24. The van der Waals surface area contributed by atoms with E-state index in [9.17, 15) is 0 Å². The molecule has 3 rings (SSSR count). The first kappa shape index (κ1) is 12.9. The molecule has 0 amide bonds. The lowest BCUT2D eigenvalue weighted by molar-refractivity contribution is 0.358. The van der Waals surface area contributed by atoms with Gasteiger partial charge in [0.2, 0.25) is 0 Å². The lowest BCUT2D eigenvalue weighted by Crippen LogP contribution is -2.13. The molecule has 0 bridgehead atoms. The Kier molecular flexibility index (Phi) is 3.25. The Bertz CT molecular complexity index is 588. The van der Waals surface area contributed by atoms with E-state index in [0.29, 0.717) is 17.3 Å². The minimum atomic E-state index is 0.425. The van der Waals surface area contributed by atoms with Crippen molar-refractivity contribution in [1.29, 1.82) is 0 Å². The highest BCUT2D eigenvalue weighted by Crippen LogP contribution is 2.44. The number of pyridine rings is 1. The first-order valence-electron chi connectivity index (χ1n) is 6.98. The highest BCUT2D eigenvalue weighted by molar-refractivity contribution is 6.17. The molecule has 2 heterocycles. The number of alkyl halides is 1. The van der Waals surface area contributed by atoms with E-state index in [1.165, 1.54) is 19.3 Å². The average Bonchev–Trinajstić information content (AvgIpc) is 2.89. The third-order valence-electron chi connectivity index (χ3n) is 4.15. The summed E-state index contributed by atoms with van der Waals surface area (Å²) in [5, 5.41) is 0. The van der Waals surface area contributed by atoms with Gasteiger partial charge in [0.1, 0.15) is 11.3 Å². The Hall–Kier alpha value is -1.09. The molecule has 4 heteroatoms. The summed E-state index contributed by atoms with van der Waals surface area (Å²) in [5.41, 5.74) is 2.44. The van der Waals surface area contributed by atoms with Gasteiger partial charge < -0.3 is 4.57 Å². The highest BCUT2D eigenvalue weighted by atomic mass is 35.5. The average molecular weight is 278 g/mol. The fourth-order valence-corrected chi connectivity index (χ4v) is 3.41. The van der Waals surface area contributed by atoms with Crippen LogP contribution in [-0.2, 0) is 6.42 Å². The van der Waals surface area contributed by atoms with Crippen LogP contribution in [-0.4, -0.2) is 20.4 Å². The van der Waals surface area contributed by atoms with Gasteiger partial charge in [-0.25, -0.2) is 9.97 Å². The number of nitrogens with zero attached hydrogens (tertiary/aromatic N) is 3. The standard InChI is InChI=1S/C15H20ClN3/c1-15(2)7-5-11(10-15)19-13(6-8-16)18-12-4-3-9-17-14(12)19/h3-4,9,11H,5-8,10H2,1-2H3. The van der Waals surface area contributed by atoms with E-state index in [1.54, 1.807) is 0 Å². The third-order valence-corrected chi connectivity index (χ3v) is 4.34. The van der Waals surface area contributed by atoms with Crippen LogP contribution in [0.25, 0.3) is 11.2 Å². The van der Waals surface area contributed by atoms with Crippen LogP contribution >= 0.6 is 11.6 Å².